The molecule has 1 atom stereocenters. The summed E-state index contributed by atoms with van der Waals surface area (Å²) in [6.45, 7) is 5.62. The van der Waals surface area contributed by atoms with Gasteiger partial charge in [0.25, 0.3) is 23.6 Å². The van der Waals surface area contributed by atoms with E-state index in [1.54, 1.807) is 25.1 Å². The average molecular weight is 903 g/mol. The number of nitrogens with two attached hydrogens (primary N) is 1. The molecule has 3 aliphatic rings. The number of amides is 5. The van der Waals surface area contributed by atoms with Gasteiger partial charge in [0.15, 0.2) is 11.6 Å². The Hall–Kier alpha value is -7.20. The van der Waals surface area contributed by atoms with Crippen LogP contribution in [0.2, 0.25) is 5.02 Å². The van der Waals surface area contributed by atoms with Crippen LogP contribution in [0.4, 0.5) is 26.0 Å². The quantitative estimate of drug-likeness (QED) is 0.0715. The maximum absolute atomic E-state index is 15.1. The Bertz CT molecular complexity index is 2780. The summed E-state index contributed by atoms with van der Waals surface area (Å²) in [6, 6.07) is 18.7. The number of imide groups is 1. The molecule has 1 saturated carbocycles. The van der Waals surface area contributed by atoms with Gasteiger partial charge in [-0.3, -0.25) is 28.9 Å². The maximum Gasteiger partial charge on any atom is 0.258 e. The summed E-state index contributed by atoms with van der Waals surface area (Å²) in [5.74, 6) is -3.92. The maximum atomic E-state index is 15.1. The zero-order chi connectivity index (χ0) is 46.1. The van der Waals surface area contributed by atoms with Crippen molar-refractivity contribution in [2.45, 2.75) is 57.7 Å². The third kappa shape index (κ3) is 9.53. The second-order valence-corrected chi connectivity index (χ2v) is 16.8. The van der Waals surface area contributed by atoms with E-state index in [1.807, 2.05) is 30.3 Å². The van der Waals surface area contributed by atoms with Crippen LogP contribution in [0.25, 0.3) is 11.3 Å². The van der Waals surface area contributed by atoms with Crippen LogP contribution >= 0.6 is 11.6 Å². The third-order valence-corrected chi connectivity index (χ3v) is 12.1. The van der Waals surface area contributed by atoms with E-state index in [1.165, 1.54) is 41.4 Å². The monoisotopic (exact) mass is 902 g/mol. The molecule has 2 fully saturated rings. The summed E-state index contributed by atoms with van der Waals surface area (Å²) in [7, 11) is 1.48. The minimum absolute atomic E-state index is 0.00920. The summed E-state index contributed by atoms with van der Waals surface area (Å²) >= 11 is 6.11. The molecule has 0 bridgehead atoms. The Morgan fingerprint density at radius 3 is 2.55 bits per heavy atom. The van der Waals surface area contributed by atoms with Crippen LogP contribution in [-0.4, -0.2) is 87.0 Å². The lowest BCUT2D eigenvalue weighted by atomic mass is 10.0. The van der Waals surface area contributed by atoms with Crippen LogP contribution in [0.15, 0.2) is 91.3 Å². The van der Waals surface area contributed by atoms with Gasteiger partial charge in [-0.2, -0.15) is 0 Å². The molecule has 1 unspecified atom stereocenters. The SMILES string of the molecule is C=C(CN1C(=O)CCC(N2Cc3cc(CNc4cccc(Cl)c4)ccc3C2=O)C1=O)C(=O)N(C)CCOc1c(N)ncnc1-c1cc(F)cc(NC(=O)c2ccc(C3CC3)cc2F)c1C. The molecule has 4 aromatic carbocycles. The molecule has 5 aromatic rings. The minimum atomic E-state index is -0.913. The second kappa shape index (κ2) is 18.5. The number of fused-ring (bicyclic) bond motifs is 1. The number of nitrogen functional groups attached to an aromatic ring is 1. The van der Waals surface area contributed by atoms with E-state index in [0.717, 1.165) is 46.2 Å². The lowest BCUT2D eigenvalue weighted by molar-refractivity contribution is -0.151. The van der Waals surface area contributed by atoms with Gasteiger partial charge < -0.3 is 30.9 Å². The highest BCUT2D eigenvalue weighted by atomic mass is 35.5. The molecule has 0 radical (unpaired) electrons. The fourth-order valence-corrected chi connectivity index (χ4v) is 8.29. The summed E-state index contributed by atoms with van der Waals surface area (Å²) in [4.78, 5) is 79.3. The summed E-state index contributed by atoms with van der Waals surface area (Å²) in [5.41, 5.74) is 10.6. The predicted molar refractivity (Wildman–Crippen MR) is 240 cm³/mol. The van der Waals surface area contributed by atoms with Crippen LogP contribution in [0.1, 0.15) is 74.6 Å². The number of nitrogens with one attached hydrogen (secondary N) is 2. The normalized spacial score (nSPS) is 15.8. The van der Waals surface area contributed by atoms with Crippen molar-refractivity contribution in [2.75, 3.05) is 43.1 Å². The van der Waals surface area contributed by atoms with E-state index in [0.29, 0.717) is 28.6 Å². The Kier molecular flexibility index (Phi) is 12.6. The summed E-state index contributed by atoms with van der Waals surface area (Å²) in [5, 5.41) is 6.53. The molecule has 0 spiro atoms. The van der Waals surface area contributed by atoms with Crippen molar-refractivity contribution in [3.05, 3.63) is 141 Å². The highest BCUT2D eigenvalue weighted by Gasteiger charge is 2.43. The number of anilines is 3. The molecule has 3 heterocycles. The zero-order valence-corrected chi connectivity index (χ0v) is 36.4. The third-order valence-electron chi connectivity index (χ3n) is 11.8. The van der Waals surface area contributed by atoms with Crippen molar-refractivity contribution >= 4 is 58.3 Å². The van der Waals surface area contributed by atoms with Gasteiger partial charge in [0, 0.05) is 59.7 Å². The van der Waals surface area contributed by atoms with E-state index < -0.39 is 41.3 Å². The van der Waals surface area contributed by atoms with Gasteiger partial charge in [0.2, 0.25) is 5.91 Å². The van der Waals surface area contributed by atoms with Crippen molar-refractivity contribution in [1.82, 2.24) is 24.7 Å². The van der Waals surface area contributed by atoms with Gasteiger partial charge in [0.05, 0.1) is 18.7 Å². The van der Waals surface area contributed by atoms with Crippen LogP contribution in [-0.2, 0) is 27.5 Å². The number of rotatable bonds is 15. The lowest BCUT2D eigenvalue weighted by Gasteiger charge is -2.35. The number of benzene rings is 4. The molecule has 5 amide bonds. The van der Waals surface area contributed by atoms with E-state index in [4.69, 9.17) is 22.1 Å². The van der Waals surface area contributed by atoms with Crippen molar-refractivity contribution in [3.8, 4) is 17.0 Å². The number of likely N-dealkylation sites (N-methyl/N-ethyl adjacent to an activating group) is 1. The molecule has 2 aliphatic heterocycles. The lowest BCUT2D eigenvalue weighted by Crippen LogP contribution is -2.55. The number of hydrogen-bond donors (Lipinski definition) is 3. The summed E-state index contributed by atoms with van der Waals surface area (Å²) < 4.78 is 36.1. The topological polar surface area (TPSA) is 180 Å². The number of ether oxygens (including phenoxy) is 1. The molecule has 17 heteroatoms. The molecule has 334 valence electrons. The first kappa shape index (κ1) is 44.4. The molecule has 4 N–H and O–H groups in total. The minimum Gasteiger partial charge on any atom is -0.486 e. The van der Waals surface area contributed by atoms with E-state index >= 15 is 4.39 Å². The first-order chi connectivity index (χ1) is 31.2. The molecule has 8 rings (SSSR count). The first-order valence-corrected chi connectivity index (χ1v) is 21.4. The number of piperidine rings is 1. The molecule has 1 saturated heterocycles. The van der Waals surface area contributed by atoms with Gasteiger partial charge >= 0.3 is 0 Å². The Balaban J connectivity index is 0.878. The Morgan fingerprint density at radius 2 is 1.80 bits per heavy atom. The number of likely N-dealkylation sites (tertiary alicyclic amines) is 1. The zero-order valence-electron chi connectivity index (χ0n) is 35.6. The number of hydrogen-bond acceptors (Lipinski definition) is 10. The number of carbonyl (C=O) groups is 5. The van der Waals surface area contributed by atoms with Crippen LogP contribution in [0.5, 0.6) is 5.75 Å². The molecule has 14 nitrogen and oxygen atoms in total. The standard InChI is InChI=1S/C48H45ClF2N8O6/c1-26(23-59-41(60)14-13-40(48(59)64)58-24-31-17-28(7-11-35(31)47(58)63)22-53-34-6-4-5-32(49)19-34)46(62)57(3)15-16-65-43-42(54-25-55-44(43)52)37-20-33(50)21-39(27(37)2)56-45(61)36-12-10-30(18-38(36)51)29-8-9-29/h4-7,10-12,17-21,25,29,40,53H,1,8-9,13-16,22-24H2,2-3H3,(H,56,61)(H2,52,54,55). The van der Waals surface area contributed by atoms with Gasteiger partial charge in [-0.1, -0.05) is 42.4 Å². The van der Waals surface area contributed by atoms with Crippen LogP contribution < -0.4 is 21.1 Å². The predicted octanol–water partition coefficient (Wildman–Crippen LogP) is 7.27. The van der Waals surface area contributed by atoms with Crippen LogP contribution in [0, 0.1) is 18.6 Å². The highest BCUT2D eigenvalue weighted by molar-refractivity contribution is 6.30. The van der Waals surface area contributed by atoms with Gasteiger partial charge in [0.1, 0.15) is 36.3 Å². The molecular weight excluding hydrogens is 858 g/mol. The molecule has 65 heavy (non-hydrogen) atoms. The van der Waals surface area contributed by atoms with Crippen LogP contribution in [0.3, 0.4) is 0 Å². The number of halogens is 3. The number of carbonyl (C=O) groups excluding carboxylic acids is 5. The summed E-state index contributed by atoms with van der Waals surface area (Å²) in [6.07, 6.45) is 3.25. The smallest absolute Gasteiger partial charge is 0.258 e. The van der Waals surface area contributed by atoms with E-state index in [2.05, 4.69) is 27.2 Å². The Labute approximate surface area is 378 Å². The van der Waals surface area contributed by atoms with Gasteiger partial charge in [-0.05, 0) is 103 Å². The largest absolute Gasteiger partial charge is 0.486 e. The van der Waals surface area contributed by atoms with Crippen molar-refractivity contribution in [1.29, 1.82) is 0 Å². The van der Waals surface area contributed by atoms with Crippen molar-refractivity contribution < 1.29 is 37.5 Å². The molecule has 1 aliphatic carbocycles. The van der Waals surface area contributed by atoms with Crippen molar-refractivity contribution in [2.24, 2.45) is 0 Å². The fourth-order valence-electron chi connectivity index (χ4n) is 8.10. The fraction of sp³-hybridized carbons (Fsp3) is 0.271. The molecule has 1 aromatic heterocycles. The van der Waals surface area contributed by atoms with Gasteiger partial charge in [-0.25, -0.2) is 18.7 Å². The highest BCUT2D eigenvalue weighted by Crippen LogP contribution is 2.41. The van der Waals surface area contributed by atoms with Gasteiger partial charge in [-0.15, -0.1) is 0 Å². The average Bonchev–Trinajstić information content (AvgIpc) is 4.09. The van der Waals surface area contributed by atoms with E-state index in [9.17, 15) is 28.4 Å². The Morgan fingerprint density at radius 1 is 1.00 bits per heavy atom. The molecular formula is C48H45ClF2N8O6. The van der Waals surface area contributed by atoms with E-state index in [-0.39, 0.29) is 84.6 Å². The second-order valence-electron chi connectivity index (χ2n) is 16.4. The number of aromatic nitrogens is 2. The number of nitrogens with zero attached hydrogens (tertiary/aromatic N) is 5. The van der Waals surface area contributed by atoms with Crippen molar-refractivity contribution in [3.63, 3.8) is 0 Å². The first-order valence-electron chi connectivity index (χ1n) is 21.0.